The van der Waals surface area contributed by atoms with Crippen LogP contribution in [0.15, 0.2) is 60.9 Å². The molecule has 0 saturated carbocycles. The fourth-order valence-corrected chi connectivity index (χ4v) is 6.56. The number of aryl methyl sites for hydroxylation is 2. The Morgan fingerprint density at radius 2 is 1.82 bits per heavy atom. The van der Waals surface area contributed by atoms with E-state index in [1.54, 1.807) is 27.7 Å². The Bertz CT molecular complexity index is 2120. The number of carbonyl (C=O) groups is 1. The van der Waals surface area contributed by atoms with Crippen LogP contribution in [0.5, 0.6) is 5.75 Å². The molecule has 6 aromatic rings. The van der Waals surface area contributed by atoms with Gasteiger partial charge in [0.05, 0.1) is 54.0 Å². The Balaban J connectivity index is 1.35. The van der Waals surface area contributed by atoms with Gasteiger partial charge < -0.3 is 19.1 Å². The van der Waals surface area contributed by atoms with Crippen molar-refractivity contribution in [2.45, 2.75) is 39.5 Å². The van der Waals surface area contributed by atoms with E-state index in [-0.39, 0.29) is 31.3 Å². The molecule has 0 unspecified atom stereocenters. The second kappa shape index (κ2) is 11.6. The number of nitrogens with zero attached hydrogens (tertiary/aromatic N) is 5. The fraction of sp³-hybridized carbons (Fsp3) is 0.235. The summed E-state index contributed by atoms with van der Waals surface area (Å²) in [6.07, 6.45) is 4.17. The van der Waals surface area contributed by atoms with Crippen LogP contribution < -0.4 is 4.74 Å². The highest BCUT2D eigenvalue weighted by Gasteiger charge is 2.29. The number of aromatic carboxylic acids is 1. The van der Waals surface area contributed by atoms with Gasteiger partial charge >= 0.3 is 5.97 Å². The summed E-state index contributed by atoms with van der Waals surface area (Å²) in [5, 5.41) is 18.2. The van der Waals surface area contributed by atoms with E-state index in [1.165, 1.54) is 12.1 Å². The van der Waals surface area contributed by atoms with Gasteiger partial charge in [0.25, 0.3) is 0 Å². The van der Waals surface area contributed by atoms with Crippen molar-refractivity contribution < 1.29 is 23.8 Å². The van der Waals surface area contributed by atoms with Gasteiger partial charge in [-0.3, -0.25) is 14.6 Å². The van der Waals surface area contributed by atoms with E-state index in [0.717, 1.165) is 27.4 Å². The summed E-state index contributed by atoms with van der Waals surface area (Å²) in [6.45, 7) is 2.87. The zero-order valence-corrected chi connectivity index (χ0v) is 25.4. The Kier molecular flexibility index (Phi) is 7.47. The molecule has 0 radical (unpaired) electrons. The summed E-state index contributed by atoms with van der Waals surface area (Å²) in [6, 6.07) is 13.8. The molecule has 1 aliphatic rings. The minimum absolute atomic E-state index is 0.161. The summed E-state index contributed by atoms with van der Waals surface area (Å²) < 4.78 is 29.5. The van der Waals surface area contributed by atoms with Gasteiger partial charge in [-0.15, -0.1) is 0 Å². The number of carboxylic acids is 1. The van der Waals surface area contributed by atoms with Crippen LogP contribution in [0.25, 0.3) is 32.8 Å². The van der Waals surface area contributed by atoms with Crippen LogP contribution in [0.2, 0.25) is 5.02 Å². The maximum atomic E-state index is 13.8. The molecular formula is C34H29ClFN5O4. The van der Waals surface area contributed by atoms with Gasteiger partial charge in [0, 0.05) is 47.0 Å². The van der Waals surface area contributed by atoms with E-state index in [1.807, 2.05) is 44.3 Å². The van der Waals surface area contributed by atoms with Crippen molar-refractivity contribution in [3.8, 4) is 16.9 Å². The van der Waals surface area contributed by atoms with E-state index >= 15 is 0 Å². The molecule has 1 aliphatic heterocycles. The number of hydrogen-bond donors (Lipinski definition) is 1. The average Bonchev–Trinajstić information content (AvgIpc) is 3.47. The van der Waals surface area contributed by atoms with E-state index in [0.29, 0.717) is 63.9 Å². The van der Waals surface area contributed by atoms with E-state index in [4.69, 9.17) is 26.2 Å². The fourth-order valence-electron chi connectivity index (χ4n) is 6.31. The first-order valence-corrected chi connectivity index (χ1v) is 15.0. The molecular weight excluding hydrogens is 597 g/mol. The third-order valence-electron chi connectivity index (χ3n) is 8.41. The number of rotatable bonds is 6. The smallest absolute Gasteiger partial charge is 0.352 e. The first-order chi connectivity index (χ1) is 21.8. The SMILES string of the molecule is Cc1c2c(nn1C)COCc1nccnc1Cn1c(C(=O)O)c(CCCOc3cccc4cc(F)ccc34)c3ccc(Cl)c-2c31. The first kappa shape index (κ1) is 28.9. The number of benzene rings is 3. The maximum Gasteiger partial charge on any atom is 0.352 e. The molecule has 3 aromatic heterocycles. The Morgan fingerprint density at radius 3 is 2.64 bits per heavy atom. The highest BCUT2D eigenvalue weighted by Crippen LogP contribution is 2.43. The number of hydrogen-bond acceptors (Lipinski definition) is 6. The lowest BCUT2D eigenvalue weighted by Gasteiger charge is -2.14. The summed E-state index contributed by atoms with van der Waals surface area (Å²) >= 11 is 6.96. The number of halogens is 2. The number of carboxylic acid groups (broad SMARTS) is 1. The minimum atomic E-state index is -1.06. The van der Waals surface area contributed by atoms with Crippen molar-refractivity contribution in [3.63, 3.8) is 0 Å². The van der Waals surface area contributed by atoms with Gasteiger partial charge in [0.15, 0.2) is 0 Å². The van der Waals surface area contributed by atoms with Crippen LogP contribution in [0.1, 0.15) is 45.2 Å². The van der Waals surface area contributed by atoms with Crippen molar-refractivity contribution in [2.24, 2.45) is 7.05 Å². The predicted molar refractivity (Wildman–Crippen MR) is 168 cm³/mol. The molecule has 0 saturated heterocycles. The van der Waals surface area contributed by atoms with Gasteiger partial charge in [-0.2, -0.15) is 5.10 Å². The molecule has 0 bridgehead atoms. The van der Waals surface area contributed by atoms with Crippen LogP contribution >= 0.6 is 11.6 Å². The second-order valence-corrected chi connectivity index (χ2v) is 11.5. The molecule has 3 aromatic carbocycles. The van der Waals surface area contributed by atoms with Gasteiger partial charge in [-0.1, -0.05) is 29.8 Å². The molecule has 7 rings (SSSR count). The lowest BCUT2D eigenvalue weighted by molar-refractivity contribution is 0.0684. The predicted octanol–water partition coefficient (Wildman–Crippen LogP) is 6.87. The highest BCUT2D eigenvalue weighted by molar-refractivity contribution is 6.35. The highest BCUT2D eigenvalue weighted by atomic mass is 35.5. The van der Waals surface area contributed by atoms with Crippen LogP contribution in [-0.2, 0) is 38.0 Å². The largest absolute Gasteiger partial charge is 0.493 e. The number of aromatic nitrogens is 5. The van der Waals surface area contributed by atoms with Crippen LogP contribution in [0, 0.1) is 12.7 Å². The molecule has 0 spiro atoms. The van der Waals surface area contributed by atoms with Gasteiger partial charge in [-0.05, 0) is 61.0 Å². The normalized spacial score (nSPS) is 13.0. The lowest BCUT2D eigenvalue weighted by Crippen LogP contribution is -2.15. The molecule has 0 fully saturated rings. The van der Waals surface area contributed by atoms with E-state index in [9.17, 15) is 14.3 Å². The number of ether oxygens (including phenoxy) is 2. The third kappa shape index (κ3) is 5.09. The molecule has 228 valence electrons. The lowest BCUT2D eigenvalue weighted by atomic mass is 9.98. The summed E-state index contributed by atoms with van der Waals surface area (Å²) in [5.41, 5.74) is 5.88. The molecule has 0 atom stereocenters. The molecule has 4 heterocycles. The summed E-state index contributed by atoms with van der Waals surface area (Å²) in [7, 11) is 1.86. The Hall–Kier alpha value is -4.80. The van der Waals surface area contributed by atoms with Crippen molar-refractivity contribution in [1.82, 2.24) is 24.3 Å². The van der Waals surface area contributed by atoms with Crippen molar-refractivity contribution in [1.29, 1.82) is 0 Å². The molecule has 0 amide bonds. The van der Waals surface area contributed by atoms with Crippen LogP contribution in [0.4, 0.5) is 4.39 Å². The van der Waals surface area contributed by atoms with Crippen LogP contribution in [0.3, 0.4) is 0 Å². The molecule has 11 heteroatoms. The van der Waals surface area contributed by atoms with Crippen molar-refractivity contribution >= 4 is 39.2 Å². The monoisotopic (exact) mass is 625 g/mol. The van der Waals surface area contributed by atoms with Crippen LogP contribution in [-0.4, -0.2) is 42.0 Å². The molecule has 1 N–H and O–H groups in total. The van der Waals surface area contributed by atoms with Gasteiger partial charge in [-0.25, -0.2) is 9.18 Å². The Labute approximate surface area is 262 Å². The topological polar surface area (TPSA) is 104 Å². The molecule has 45 heavy (non-hydrogen) atoms. The Morgan fingerprint density at radius 1 is 1.04 bits per heavy atom. The van der Waals surface area contributed by atoms with Crippen molar-refractivity contribution in [2.75, 3.05) is 6.61 Å². The minimum Gasteiger partial charge on any atom is -0.493 e. The molecule has 9 nitrogen and oxygen atoms in total. The summed E-state index contributed by atoms with van der Waals surface area (Å²) in [4.78, 5) is 22.1. The van der Waals surface area contributed by atoms with Gasteiger partial charge in [0.1, 0.15) is 17.3 Å². The zero-order chi connectivity index (χ0) is 31.2. The second-order valence-electron chi connectivity index (χ2n) is 11.1. The van der Waals surface area contributed by atoms with Gasteiger partial charge in [0.2, 0.25) is 0 Å². The van der Waals surface area contributed by atoms with E-state index < -0.39 is 5.97 Å². The van der Waals surface area contributed by atoms with Crippen molar-refractivity contribution in [3.05, 3.63) is 106 Å². The standard InChI is InChI=1S/C34H29ClFN5O4/c1-19-30-28(39-40(19)2)18-44-17-27-26(37-12-13-38-27)16-41-32-24(10-11-25(35)31(30)32)23(33(41)34(42)43)6-4-14-45-29-7-3-5-20-15-21(36)8-9-22(20)29/h3,5,7-13,15H,4,6,14,16-18H2,1-2H3,(H,42,43). The average molecular weight is 626 g/mol. The first-order valence-electron chi connectivity index (χ1n) is 14.6. The zero-order valence-electron chi connectivity index (χ0n) is 24.7. The number of fused-ring (bicyclic) bond motifs is 4. The summed E-state index contributed by atoms with van der Waals surface area (Å²) in [5.74, 6) is -0.716. The molecule has 0 aliphatic carbocycles. The maximum absolute atomic E-state index is 13.8. The van der Waals surface area contributed by atoms with E-state index in [2.05, 4.69) is 9.97 Å². The third-order valence-corrected chi connectivity index (χ3v) is 8.73. The quantitative estimate of drug-likeness (QED) is 0.201.